The fourth-order valence-corrected chi connectivity index (χ4v) is 7.51. The van der Waals surface area contributed by atoms with E-state index in [-0.39, 0.29) is 25.2 Å². The maximum Gasteiger partial charge on any atom is 0.306 e. The smallest absolute Gasteiger partial charge is 0.306 e. The van der Waals surface area contributed by atoms with Crippen LogP contribution in [0.1, 0.15) is 245 Å². The van der Waals surface area contributed by atoms with Crippen LogP contribution >= 0.6 is 0 Å². The zero-order valence-electron chi connectivity index (χ0n) is 42.9. The summed E-state index contributed by atoms with van der Waals surface area (Å²) in [6, 6.07) is 0. The van der Waals surface area contributed by atoms with Gasteiger partial charge in [-0.15, -0.1) is 0 Å². The van der Waals surface area contributed by atoms with Crippen LogP contribution in [0.2, 0.25) is 0 Å². The highest BCUT2D eigenvalue weighted by molar-refractivity contribution is 5.70. The van der Waals surface area contributed by atoms with E-state index in [0.717, 1.165) is 96.3 Å². The molecule has 0 spiro atoms. The van der Waals surface area contributed by atoms with Gasteiger partial charge in [-0.1, -0.05) is 245 Å². The lowest BCUT2D eigenvalue weighted by Crippen LogP contribution is -2.28. The standard InChI is InChI=1S/C61H102O5/c1-3-5-7-9-11-13-15-17-19-21-23-25-27-28-29-30-31-32-34-36-38-40-42-44-46-48-50-52-54-56-61(64)66-59(57-62)58-65-60(63)55-53-51-49-47-45-43-41-39-37-35-33-26-24-22-20-18-16-14-12-10-8-6-4-2/h5-8,11-14,17-20,23-26,28-29,59,62H,3-4,9-10,15-16,21-22,27,30-58H2,1-2H3/b7-5-,8-6-,13-11-,14-12-,19-17-,20-18-,25-23-,26-24-,29-28-. The number of allylic oxidation sites excluding steroid dienone is 18. The zero-order valence-corrected chi connectivity index (χ0v) is 42.9. The lowest BCUT2D eigenvalue weighted by Gasteiger charge is -2.15. The van der Waals surface area contributed by atoms with Crippen LogP contribution in [0.4, 0.5) is 0 Å². The monoisotopic (exact) mass is 915 g/mol. The van der Waals surface area contributed by atoms with Crippen molar-refractivity contribution in [2.45, 2.75) is 251 Å². The maximum absolute atomic E-state index is 12.3. The summed E-state index contributed by atoms with van der Waals surface area (Å²) in [5.74, 6) is -0.598. The van der Waals surface area contributed by atoms with Crippen LogP contribution in [-0.4, -0.2) is 36.4 Å². The normalized spacial score (nSPS) is 13.1. The van der Waals surface area contributed by atoms with Gasteiger partial charge >= 0.3 is 11.9 Å². The average Bonchev–Trinajstić information content (AvgIpc) is 3.32. The number of hydrogen-bond donors (Lipinski definition) is 1. The number of unbranched alkanes of at least 4 members (excludes halogenated alkanes) is 23. The van der Waals surface area contributed by atoms with Crippen LogP contribution in [0.15, 0.2) is 109 Å². The molecule has 0 heterocycles. The molecular weight excluding hydrogens is 813 g/mol. The Morgan fingerprint density at radius 2 is 0.606 bits per heavy atom. The summed E-state index contributed by atoms with van der Waals surface area (Å²) in [7, 11) is 0. The Morgan fingerprint density at radius 1 is 0.348 bits per heavy atom. The van der Waals surface area contributed by atoms with Crippen molar-refractivity contribution < 1.29 is 24.2 Å². The van der Waals surface area contributed by atoms with Crippen molar-refractivity contribution in [3.8, 4) is 0 Å². The lowest BCUT2D eigenvalue weighted by molar-refractivity contribution is -0.161. The first-order chi connectivity index (χ1) is 32.6. The summed E-state index contributed by atoms with van der Waals surface area (Å²) < 4.78 is 10.7. The second-order valence-corrected chi connectivity index (χ2v) is 17.9. The van der Waals surface area contributed by atoms with Gasteiger partial charge in [0.2, 0.25) is 0 Å². The second kappa shape index (κ2) is 55.9. The Hall–Kier alpha value is -3.44. The zero-order chi connectivity index (χ0) is 47.7. The van der Waals surface area contributed by atoms with Gasteiger partial charge in [-0.25, -0.2) is 0 Å². The second-order valence-electron chi connectivity index (χ2n) is 17.9. The molecule has 0 aliphatic carbocycles. The molecule has 66 heavy (non-hydrogen) atoms. The van der Waals surface area contributed by atoms with Crippen molar-refractivity contribution in [3.05, 3.63) is 109 Å². The molecule has 0 aromatic carbocycles. The van der Waals surface area contributed by atoms with Gasteiger partial charge in [0.15, 0.2) is 6.10 Å². The molecule has 0 fully saturated rings. The molecule has 1 unspecified atom stereocenters. The molecule has 5 heteroatoms. The molecule has 1 atom stereocenters. The summed E-state index contributed by atoms with van der Waals surface area (Å²) in [5, 5.41) is 9.65. The molecule has 0 saturated heterocycles. The molecule has 0 aromatic heterocycles. The quantitative estimate of drug-likeness (QED) is 0.0374. The van der Waals surface area contributed by atoms with Crippen molar-refractivity contribution >= 4 is 11.9 Å². The Labute approximate surface area is 408 Å². The molecular formula is C61H102O5. The van der Waals surface area contributed by atoms with Crippen LogP contribution in [0.5, 0.6) is 0 Å². The largest absolute Gasteiger partial charge is 0.462 e. The summed E-state index contributed by atoms with van der Waals surface area (Å²) in [5.41, 5.74) is 0. The molecule has 1 N–H and O–H groups in total. The molecule has 0 amide bonds. The number of rotatable bonds is 49. The van der Waals surface area contributed by atoms with E-state index in [0.29, 0.717) is 12.8 Å². The first kappa shape index (κ1) is 62.6. The topological polar surface area (TPSA) is 72.8 Å². The number of carbonyl (C=O) groups is 2. The first-order valence-electron chi connectivity index (χ1n) is 27.4. The van der Waals surface area contributed by atoms with Gasteiger partial charge in [0.05, 0.1) is 6.61 Å². The van der Waals surface area contributed by atoms with E-state index in [1.807, 2.05) is 0 Å². The molecule has 0 aliphatic heterocycles. The Balaban J connectivity index is 3.52. The molecule has 0 rings (SSSR count). The summed E-state index contributed by atoms with van der Waals surface area (Å²) in [4.78, 5) is 24.5. The summed E-state index contributed by atoms with van der Waals surface area (Å²) in [6.45, 7) is 3.92. The molecule has 376 valence electrons. The number of aliphatic hydroxyl groups excluding tert-OH is 1. The minimum Gasteiger partial charge on any atom is -0.462 e. The SMILES string of the molecule is CC/C=C\C/C=C\C/C=C\C/C=C\C/C=C\CCCCCCCCCCCCCCCC(=O)OC(CO)COC(=O)CCCCCCCCCCCC/C=C\C/C=C\C/C=C\C/C=C\CC. The fourth-order valence-electron chi connectivity index (χ4n) is 7.51. The Morgan fingerprint density at radius 3 is 0.909 bits per heavy atom. The third-order valence-corrected chi connectivity index (χ3v) is 11.6. The van der Waals surface area contributed by atoms with E-state index in [9.17, 15) is 14.7 Å². The molecule has 0 saturated carbocycles. The van der Waals surface area contributed by atoms with E-state index >= 15 is 0 Å². The molecule has 5 nitrogen and oxygen atoms in total. The van der Waals surface area contributed by atoms with Gasteiger partial charge < -0.3 is 14.6 Å². The van der Waals surface area contributed by atoms with Crippen LogP contribution in [0.3, 0.4) is 0 Å². The van der Waals surface area contributed by atoms with Gasteiger partial charge in [0, 0.05) is 12.8 Å². The Bertz CT molecular complexity index is 1310. The van der Waals surface area contributed by atoms with Crippen LogP contribution in [0.25, 0.3) is 0 Å². The van der Waals surface area contributed by atoms with Crippen LogP contribution in [-0.2, 0) is 19.1 Å². The number of hydrogen-bond acceptors (Lipinski definition) is 5. The van der Waals surface area contributed by atoms with Gasteiger partial charge in [-0.05, 0) is 96.3 Å². The van der Waals surface area contributed by atoms with Gasteiger partial charge in [0.1, 0.15) is 6.61 Å². The minimum absolute atomic E-state index is 0.0731. The van der Waals surface area contributed by atoms with Crippen molar-refractivity contribution in [1.29, 1.82) is 0 Å². The van der Waals surface area contributed by atoms with Gasteiger partial charge in [0.25, 0.3) is 0 Å². The van der Waals surface area contributed by atoms with Crippen molar-refractivity contribution in [2.24, 2.45) is 0 Å². The molecule has 0 radical (unpaired) electrons. The van der Waals surface area contributed by atoms with Crippen molar-refractivity contribution in [3.63, 3.8) is 0 Å². The maximum atomic E-state index is 12.3. The number of ether oxygens (including phenoxy) is 2. The Kier molecular flexibility index (Phi) is 53.0. The summed E-state index contributed by atoms with van der Waals surface area (Å²) >= 11 is 0. The first-order valence-corrected chi connectivity index (χ1v) is 27.4. The highest BCUT2D eigenvalue weighted by Gasteiger charge is 2.16. The van der Waals surface area contributed by atoms with E-state index in [2.05, 4.69) is 123 Å². The predicted molar refractivity (Wildman–Crippen MR) is 288 cm³/mol. The van der Waals surface area contributed by atoms with Crippen molar-refractivity contribution in [1.82, 2.24) is 0 Å². The number of carbonyl (C=O) groups excluding carboxylic acids is 2. The van der Waals surface area contributed by atoms with Crippen LogP contribution < -0.4 is 0 Å². The third-order valence-electron chi connectivity index (χ3n) is 11.6. The average molecular weight is 915 g/mol. The summed E-state index contributed by atoms with van der Waals surface area (Å²) in [6.07, 6.45) is 80.5. The number of esters is 2. The predicted octanol–water partition coefficient (Wildman–Crippen LogP) is 18.5. The van der Waals surface area contributed by atoms with Crippen molar-refractivity contribution in [2.75, 3.05) is 13.2 Å². The van der Waals surface area contributed by atoms with Crippen LogP contribution in [0, 0.1) is 0 Å². The van der Waals surface area contributed by atoms with Gasteiger partial charge in [-0.3, -0.25) is 9.59 Å². The molecule has 0 aliphatic rings. The van der Waals surface area contributed by atoms with E-state index in [4.69, 9.17) is 9.47 Å². The number of aliphatic hydroxyl groups is 1. The highest BCUT2D eigenvalue weighted by atomic mass is 16.6. The van der Waals surface area contributed by atoms with E-state index < -0.39 is 6.10 Å². The minimum atomic E-state index is -0.782. The molecule has 0 bridgehead atoms. The van der Waals surface area contributed by atoms with E-state index in [1.54, 1.807) is 0 Å². The highest BCUT2D eigenvalue weighted by Crippen LogP contribution is 2.15. The van der Waals surface area contributed by atoms with E-state index in [1.165, 1.54) is 122 Å². The fraction of sp³-hybridized carbons (Fsp3) is 0.672. The lowest BCUT2D eigenvalue weighted by atomic mass is 10.0. The van der Waals surface area contributed by atoms with Gasteiger partial charge in [-0.2, -0.15) is 0 Å². The third kappa shape index (κ3) is 53.2. The molecule has 0 aromatic rings.